The molecule has 1 atom stereocenters. The minimum atomic E-state index is -0.0734. The van der Waals surface area contributed by atoms with Crippen LogP contribution in [0.25, 0.3) is 32.1 Å². The molecule has 1 unspecified atom stereocenters. The van der Waals surface area contributed by atoms with Gasteiger partial charge in [-0.25, -0.2) is 0 Å². The second-order valence-electron chi connectivity index (χ2n) is 7.18. The van der Waals surface area contributed by atoms with Crippen molar-refractivity contribution in [3.05, 3.63) is 64.6 Å². The smallest absolute Gasteiger partial charge is 0.262 e. The average Bonchev–Trinajstić information content (AvgIpc) is 3.40. The molecule has 2 aromatic heterocycles. The Hall–Kier alpha value is -2.47. The minimum absolute atomic E-state index is 0.0734. The van der Waals surface area contributed by atoms with Gasteiger partial charge in [-0.2, -0.15) is 0 Å². The molecule has 29 heavy (non-hydrogen) atoms. The second kappa shape index (κ2) is 7.75. The van der Waals surface area contributed by atoms with Crippen LogP contribution in [-0.4, -0.2) is 30.1 Å². The van der Waals surface area contributed by atoms with E-state index in [-0.39, 0.29) is 12.0 Å². The summed E-state index contributed by atoms with van der Waals surface area (Å²) in [4.78, 5) is 18.5. The summed E-state index contributed by atoms with van der Waals surface area (Å²) >= 11 is 7.75. The molecular formula is C23H19ClN2O2S. The van der Waals surface area contributed by atoms with Crippen LogP contribution in [0.4, 0.5) is 0 Å². The van der Waals surface area contributed by atoms with Gasteiger partial charge in [0.25, 0.3) is 5.91 Å². The summed E-state index contributed by atoms with van der Waals surface area (Å²) < 4.78 is 6.67. The van der Waals surface area contributed by atoms with Crippen molar-refractivity contribution in [1.82, 2.24) is 10.3 Å². The molecule has 0 bridgehead atoms. The molecule has 0 radical (unpaired) electrons. The molecule has 1 aliphatic rings. The Labute approximate surface area is 177 Å². The van der Waals surface area contributed by atoms with Crippen LogP contribution in [0.2, 0.25) is 5.02 Å². The van der Waals surface area contributed by atoms with Crippen molar-refractivity contribution in [2.75, 3.05) is 13.2 Å². The Bertz CT molecular complexity index is 1200. The summed E-state index contributed by atoms with van der Waals surface area (Å²) in [5, 5.41) is 5.67. The van der Waals surface area contributed by atoms with Crippen molar-refractivity contribution in [3.63, 3.8) is 0 Å². The fourth-order valence-corrected chi connectivity index (χ4v) is 5.26. The van der Waals surface area contributed by atoms with Crippen molar-refractivity contribution >= 4 is 49.8 Å². The van der Waals surface area contributed by atoms with Crippen molar-refractivity contribution in [2.24, 2.45) is 0 Å². The Morgan fingerprint density at radius 3 is 2.86 bits per heavy atom. The van der Waals surface area contributed by atoms with Crippen molar-refractivity contribution in [3.8, 4) is 11.1 Å². The first-order valence-corrected chi connectivity index (χ1v) is 10.9. The third kappa shape index (κ3) is 3.50. The normalized spacial score (nSPS) is 16.5. The Kier molecular flexibility index (Phi) is 4.96. The number of ether oxygens (including phenoxy) is 1. The first kappa shape index (κ1) is 18.6. The van der Waals surface area contributed by atoms with Crippen LogP contribution < -0.4 is 5.32 Å². The highest BCUT2D eigenvalue weighted by Crippen LogP contribution is 2.41. The molecule has 3 heterocycles. The van der Waals surface area contributed by atoms with Gasteiger partial charge in [0.2, 0.25) is 0 Å². The van der Waals surface area contributed by atoms with Crippen LogP contribution in [0.1, 0.15) is 22.5 Å². The summed E-state index contributed by atoms with van der Waals surface area (Å²) in [7, 11) is 0. The number of carbonyl (C=O) groups excluding carboxylic acids is 1. The number of fused-ring (bicyclic) bond motifs is 3. The van der Waals surface area contributed by atoms with Crippen molar-refractivity contribution in [2.45, 2.75) is 18.9 Å². The fourth-order valence-electron chi connectivity index (χ4n) is 3.85. The maximum atomic E-state index is 13.2. The van der Waals surface area contributed by atoms with E-state index in [1.54, 1.807) is 0 Å². The molecule has 1 saturated heterocycles. The first-order chi connectivity index (χ1) is 14.2. The Morgan fingerprint density at radius 1 is 1.21 bits per heavy atom. The zero-order chi connectivity index (χ0) is 19.8. The molecule has 4 nitrogen and oxygen atoms in total. The zero-order valence-electron chi connectivity index (χ0n) is 15.7. The molecule has 4 aromatic rings. The van der Waals surface area contributed by atoms with Crippen molar-refractivity contribution in [1.29, 1.82) is 0 Å². The van der Waals surface area contributed by atoms with Gasteiger partial charge in [-0.3, -0.25) is 9.78 Å². The average molecular weight is 423 g/mol. The number of rotatable bonds is 4. The molecule has 5 rings (SSSR count). The van der Waals surface area contributed by atoms with Crippen LogP contribution >= 0.6 is 22.9 Å². The largest absolute Gasteiger partial charge is 0.376 e. The molecule has 1 fully saturated rings. The molecule has 146 valence electrons. The first-order valence-electron chi connectivity index (χ1n) is 9.66. The molecule has 1 N–H and O–H groups in total. The SMILES string of the molecule is O=C(NCC1CCCO1)c1sc2c(cnc3ccc(Cl)cc32)c1-c1ccccc1. The number of amides is 1. The summed E-state index contributed by atoms with van der Waals surface area (Å²) in [6, 6.07) is 15.7. The van der Waals surface area contributed by atoms with E-state index in [0.29, 0.717) is 16.4 Å². The van der Waals surface area contributed by atoms with Crippen LogP contribution in [0, 0.1) is 0 Å². The third-order valence-electron chi connectivity index (χ3n) is 5.26. The number of thiophene rings is 1. The predicted molar refractivity (Wildman–Crippen MR) is 119 cm³/mol. The lowest BCUT2D eigenvalue weighted by Crippen LogP contribution is -2.31. The number of hydrogen-bond acceptors (Lipinski definition) is 4. The molecule has 0 saturated carbocycles. The van der Waals surface area contributed by atoms with E-state index in [0.717, 1.165) is 51.6 Å². The highest BCUT2D eigenvalue weighted by Gasteiger charge is 2.23. The second-order valence-corrected chi connectivity index (χ2v) is 8.64. The van der Waals surface area contributed by atoms with Gasteiger partial charge < -0.3 is 10.1 Å². The van der Waals surface area contributed by atoms with Gasteiger partial charge in [0, 0.05) is 45.4 Å². The molecule has 0 spiro atoms. The highest BCUT2D eigenvalue weighted by atomic mass is 35.5. The van der Waals surface area contributed by atoms with E-state index in [4.69, 9.17) is 16.3 Å². The van der Waals surface area contributed by atoms with Gasteiger partial charge in [-0.1, -0.05) is 41.9 Å². The number of aromatic nitrogens is 1. The van der Waals surface area contributed by atoms with Gasteiger partial charge in [0.05, 0.1) is 11.6 Å². The zero-order valence-corrected chi connectivity index (χ0v) is 17.2. The summed E-state index contributed by atoms with van der Waals surface area (Å²) in [5.74, 6) is -0.0734. The lowest BCUT2D eigenvalue weighted by Gasteiger charge is -2.11. The Balaban J connectivity index is 1.65. The number of benzene rings is 2. The van der Waals surface area contributed by atoms with Crippen LogP contribution in [0.3, 0.4) is 0 Å². The van der Waals surface area contributed by atoms with Gasteiger partial charge in [-0.05, 0) is 36.6 Å². The van der Waals surface area contributed by atoms with E-state index >= 15 is 0 Å². The number of hydrogen-bond donors (Lipinski definition) is 1. The Morgan fingerprint density at radius 2 is 2.07 bits per heavy atom. The number of carbonyl (C=O) groups is 1. The summed E-state index contributed by atoms with van der Waals surface area (Å²) in [5.41, 5.74) is 2.79. The molecular weight excluding hydrogens is 404 g/mol. The van der Waals surface area contributed by atoms with Gasteiger partial charge >= 0.3 is 0 Å². The summed E-state index contributed by atoms with van der Waals surface area (Å²) in [6.45, 7) is 1.31. The maximum absolute atomic E-state index is 13.2. The lowest BCUT2D eigenvalue weighted by molar-refractivity contribution is 0.0861. The van der Waals surface area contributed by atoms with E-state index in [2.05, 4.69) is 10.3 Å². The molecule has 1 aliphatic heterocycles. The quantitative estimate of drug-likeness (QED) is 0.460. The van der Waals surface area contributed by atoms with Crippen LogP contribution in [-0.2, 0) is 4.74 Å². The lowest BCUT2D eigenvalue weighted by atomic mass is 10.0. The van der Waals surface area contributed by atoms with E-state index < -0.39 is 0 Å². The number of pyridine rings is 1. The third-order valence-corrected chi connectivity index (χ3v) is 6.74. The monoisotopic (exact) mass is 422 g/mol. The standard InChI is InChI=1S/C23H19ClN2O2S/c24-15-8-9-19-17(11-15)21-18(13-25-19)20(14-5-2-1-3-6-14)22(29-21)23(27)26-12-16-7-4-10-28-16/h1-3,5-6,8-9,11,13,16H,4,7,10,12H2,(H,26,27). The van der Waals surface area contributed by atoms with Crippen LogP contribution in [0.15, 0.2) is 54.7 Å². The minimum Gasteiger partial charge on any atom is -0.376 e. The number of nitrogens with one attached hydrogen (secondary N) is 1. The van der Waals surface area contributed by atoms with Gasteiger partial charge in [0.15, 0.2) is 0 Å². The van der Waals surface area contributed by atoms with E-state index in [1.807, 2.05) is 54.7 Å². The summed E-state index contributed by atoms with van der Waals surface area (Å²) in [6.07, 6.45) is 4.01. The van der Waals surface area contributed by atoms with Crippen LogP contribution in [0.5, 0.6) is 0 Å². The van der Waals surface area contributed by atoms with E-state index in [1.165, 1.54) is 11.3 Å². The highest BCUT2D eigenvalue weighted by molar-refractivity contribution is 7.22. The molecule has 1 amide bonds. The fraction of sp³-hybridized carbons (Fsp3) is 0.217. The predicted octanol–water partition coefficient (Wildman–Crippen LogP) is 5.68. The number of nitrogens with zero attached hydrogens (tertiary/aromatic N) is 1. The van der Waals surface area contributed by atoms with Gasteiger partial charge in [-0.15, -0.1) is 11.3 Å². The molecule has 0 aliphatic carbocycles. The molecule has 6 heteroatoms. The van der Waals surface area contributed by atoms with Gasteiger partial charge in [0.1, 0.15) is 4.88 Å². The molecule has 2 aromatic carbocycles. The van der Waals surface area contributed by atoms with E-state index in [9.17, 15) is 4.79 Å². The van der Waals surface area contributed by atoms with Crippen molar-refractivity contribution < 1.29 is 9.53 Å². The topological polar surface area (TPSA) is 51.2 Å². The number of halogens is 1. The maximum Gasteiger partial charge on any atom is 0.262 e.